The third-order valence-electron chi connectivity index (χ3n) is 4.58. The van der Waals surface area contributed by atoms with Gasteiger partial charge in [0.2, 0.25) is 5.91 Å². The number of thioether (sulfide) groups is 1. The third-order valence-corrected chi connectivity index (χ3v) is 5.55. The molecule has 0 saturated carbocycles. The second-order valence-electron chi connectivity index (χ2n) is 6.95. The summed E-state index contributed by atoms with van der Waals surface area (Å²) in [7, 11) is 5.89. The molecule has 1 amide bonds. The molecule has 1 aromatic heterocycles. The Labute approximate surface area is 171 Å². The van der Waals surface area contributed by atoms with Crippen molar-refractivity contribution >= 4 is 23.4 Å². The highest BCUT2D eigenvalue weighted by atomic mass is 32.2. The number of nitrogens with zero attached hydrogens (tertiary/aromatic N) is 3. The molecule has 0 bridgehead atoms. The van der Waals surface area contributed by atoms with E-state index in [0.29, 0.717) is 11.8 Å². The fraction of sp³-hybridized carbons (Fsp3) is 0.550. The lowest BCUT2D eigenvalue weighted by Gasteiger charge is -2.20. The van der Waals surface area contributed by atoms with Gasteiger partial charge >= 0.3 is 0 Å². The van der Waals surface area contributed by atoms with E-state index in [1.807, 2.05) is 18.2 Å². The molecule has 1 aromatic carbocycles. The zero-order valence-corrected chi connectivity index (χ0v) is 18.3. The summed E-state index contributed by atoms with van der Waals surface area (Å²) in [5.41, 5.74) is 0.723. The molecule has 2 N–H and O–H groups in total. The normalized spacial score (nSPS) is 12.2. The number of ether oxygens (including phenoxy) is 1. The first kappa shape index (κ1) is 22.2. The predicted molar refractivity (Wildman–Crippen MR) is 113 cm³/mol. The lowest BCUT2D eigenvalue weighted by atomic mass is 10.2. The zero-order valence-electron chi connectivity index (χ0n) is 17.5. The lowest BCUT2D eigenvalue weighted by molar-refractivity contribution is -0.893. The quantitative estimate of drug-likeness (QED) is 0.561. The van der Waals surface area contributed by atoms with Gasteiger partial charge in [-0.05, 0) is 18.6 Å². The predicted octanol–water partition coefficient (Wildman–Crippen LogP) is 2.41. The maximum Gasteiger partial charge on any atom is 0.234 e. The van der Waals surface area contributed by atoms with Crippen LogP contribution in [-0.4, -0.2) is 47.6 Å². The summed E-state index contributed by atoms with van der Waals surface area (Å²) in [5, 5.41) is 12.6. The van der Waals surface area contributed by atoms with Crippen molar-refractivity contribution in [1.82, 2.24) is 14.8 Å². The van der Waals surface area contributed by atoms with Crippen LogP contribution in [-0.2, 0) is 11.3 Å². The van der Waals surface area contributed by atoms with Crippen LogP contribution in [0.1, 0.15) is 45.0 Å². The van der Waals surface area contributed by atoms with E-state index < -0.39 is 0 Å². The summed E-state index contributed by atoms with van der Waals surface area (Å²) in [6.45, 7) is 5.22. The average Bonchev–Trinajstić information content (AvgIpc) is 3.07. The monoisotopic (exact) mass is 406 g/mol. The molecule has 0 aliphatic rings. The van der Waals surface area contributed by atoms with Crippen molar-refractivity contribution in [3.05, 3.63) is 30.1 Å². The van der Waals surface area contributed by atoms with E-state index >= 15 is 0 Å². The number of anilines is 1. The van der Waals surface area contributed by atoms with Crippen molar-refractivity contribution in [3.63, 3.8) is 0 Å². The zero-order chi connectivity index (χ0) is 20.5. The van der Waals surface area contributed by atoms with E-state index in [1.165, 1.54) is 16.7 Å². The number of unbranched alkanes of at least 4 members (excludes halogenated alkanes) is 1. The van der Waals surface area contributed by atoms with Crippen LogP contribution in [0.25, 0.3) is 0 Å². The fourth-order valence-electron chi connectivity index (χ4n) is 3.07. The number of benzene rings is 1. The van der Waals surface area contributed by atoms with Gasteiger partial charge < -0.3 is 19.5 Å². The molecule has 0 radical (unpaired) electrons. The van der Waals surface area contributed by atoms with E-state index in [2.05, 4.69) is 48.0 Å². The Bertz CT molecular complexity index is 763. The highest BCUT2D eigenvalue weighted by Crippen LogP contribution is 2.22. The van der Waals surface area contributed by atoms with Crippen LogP contribution in [0.2, 0.25) is 0 Å². The number of quaternary nitrogens is 1. The highest BCUT2D eigenvalue weighted by molar-refractivity contribution is 7.99. The summed E-state index contributed by atoms with van der Waals surface area (Å²) in [5.74, 6) is 1.93. The Morgan fingerprint density at radius 1 is 1.32 bits per heavy atom. The molecule has 0 fully saturated rings. The first-order valence-corrected chi connectivity index (χ1v) is 10.8. The molecule has 2 aromatic rings. The number of hydrogen-bond donors (Lipinski definition) is 2. The first-order chi connectivity index (χ1) is 13.5. The number of nitrogens with one attached hydrogen (secondary N) is 2. The molecular formula is C20H32N5O2S+. The number of amides is 1. The molecule has 1 heterocycles. The van der Waals surface area contributed by atoms with Gasteiger partial charge in [0.15, 0.2) is 11.0 Å². The van der Waals surface area contributed by atoms with Gasteiger partial charge in [0, 0.05) is 24.7 Å². The second kappa shape index (κ2) is 11.1. The number of carbonyl (C=O) groups is 1. The maximum atomic E-state index is 12.4. The minimum Gasteiger partial charge on any atom is -0.497 e. The summed E-state index contributed by atoms with van der Waals surface area (Å²) >= 11 is 1.43. The van der Waals surface area contributed by atoms with Crippen molar-refractivity contribution in [2.75, 3.05) is 32.3 Å². The van der Waals surface area contributed by atoms with Crippen molar-refractivity contribution in [1.29, 1.82) is 0 Å². The Hall–Kier alpha value is -2.06. The molecule has 28 heavy (non-hydrogen) atoms. The topological polar surface area (TPSA) is 73.5 Å². The molecule has 0 spiro atoms. The largest absolute Gasteiger partial charge is 0.497 e. The lowest BCUT2D eigenvalue weighted by Crippen LogP contribution is -3.06. The van der Waals surface area contributed by atoms with E-state index in [9.17, 15) is 4.79 Å². The van der Waals surface area contributed by atoms with E-state index in [0.717, 1.165) is 42.5 Å². The number of carbonyl (C=O) groups excluding carboxylic acids is 1. The smallest absolute Gasteiger partial charge is 0.234 e. The van der Waals surface area contributed by atoms with Gasteiger partial charge in [0.25, 0.3) is 0 Å². The van der Waals surface area contributed by atoms with Gasteiger partial charge in [0.1, 0.15) is 11.8 Å². The molecule has 0 aliphatic carbocycles. The van der Waals surface area contributed by atoms with Crippen LogP contribution >= 0.6 is 11.8 Å². The molecule has 154 valence electrons. The standard InChI is InChI=1S/C20H31N5O2S/c1-6-8-12-25-19(17(7-2)24(3)4)22-23-20(25)28-14-18(26)21-15-10-9-11-16(13-15)27-5/h9-11,13,17H,6-8,12,14H2,1-5H3,(H,21,26)/p+1/t17-/m1/s1. The van der Waals surface area contributed by atoms with E-state index in [-0.39, 0.29) is 11.7 Å². The van der Waals surface area contributed by atoms with Crippen LogP contribution in [0.3, 0.4) is 0 Å². The van der Waals surface area contributed by atoms with Gasteiger partial charge in [-0.2, -0.15) is 0 Å². The molecule has 0 aliphatic heterocycles. The van der Waals surface area contributed by atoms with Crippen LogP contribution in [0.15, 0.2) is 29.4 Å². The molecule has 1 atom stereocenters. The molecule has 2 rings (SSSR count). The fourth-order valence-corrected chi connectivity index (χ4v) is 3.84. The van der Waals surface area contributed by atoms with Crippen LogP contribution < -0.4 is 15.0 Å². The maximum absolute atomic E-state index is 12.4. The number of hydrogen-bond acceptors (Lipinski definition) is 5. The van der Waals surface area contributed by atoms with Crippen molar-refractivity contribution in [2.45, 2.75) is 50.9 Å². The molecule has 0 saturated heterocycles. The van der Waals surface area contributed by atoms with Crippen molar-refractivity contribution in [2.24, 2.45) is 0 Å². The second-order valence-corrected chi connectivity index (χ2v) is 7.90. The Kier molecular flexibility index (Phi) is 8.79. The van der Waals surface area contributed by atoms with Gasteiger partial charge in [-0.15, -0.1) is 10.2 Å². The Balaban J connectivity index is 2.07. The minimum absolute atomic E-state index is 0.0740. The number of rotatable bonds is 11. The average molecular weight is 407 g/mol. The van der Waals surface area contributed by atoms with Gasteiger partial charge in [-0.1, -0.05) is 38.1 Å². The molecular weight excluding hydrogens is 374 g/mol. The van der Waals surface area contributed by atoms with Gasteiger partial charge in [0.05, 0.1) is 27.0 Å². The summed E-state index contributed by atoms with van der Waals surface area (Å²) in [6.07, 6.45) is 3.16. The van der Waals surface area contributed by atoms with Gasteiger partial charge in [-0.3, -0.25) is 4.79 Å². The molecule has 8 heteroatoms. The third kappa shape index (κ3) is 5.97. The highest BCUT2D eigenvalue weighted by Gasteiger charge is 2.25. The number of aromatic nitrogens is 3. The summed E-state index contributed by atoms with van der Waals surface area (Å²) in [6, 6.07) is 7.64. The molecule has 7 nitrogen and oxygen atoms in total. The SMILES string of the molecule is CCCCn1c(SCC(=O)Nc2cccc(OC)c2)nnc1[C@@H](CC)[NH+](C)C. The van der Waals surface area contributed by atoms with Crippen LogP contribution in [0.5, 0.6) is 5.75 Å². The van der Waals surface area contributed by atoms with E-state index in [1.54, 1.807) is 13.2 Å². The van der Waals surface area contributed by atoms with Crippen LogP contribution in [0, 0.1) is 0 Å². The summed E-state index contributed by atoms with van der Waals surface area (Å²) < 4.78 is 7.38. The van der Waals surface area contributed by atoms with Crippen LogP contribution in [0.4, 0.5) is 5.69 Å². The van der Waals surface area contributed by atoms with Gasteiger partial charge in [-0.25, -0.2) is 0 Å². The van der Waals surface area contributed by atoms with Crippen molar-refractivity contribution < 1.29 is 14.4 Å². The summed E-state index contributed by atoms with van der Waals surface area (Å²) in [4.78, 5) is 13.7. The number of methoxy groups -OCH3 is 1. The Morgan fingerprint density at radius 2 is 2.11 bits per heavy atom. The molecule has 0 unspecified atom stereocenters. The Morgan fingerprint density at radius 3 is 2.75 bits per heavy atom. The first-order valence-electron chi connectivity index (χ1n) is 9.79. The van der Waals surface area contributed by atoms with E-state index in [4.69, 9.17) is 4.74 Å². The minimum atomic E-state index is -0.0740. The van der Waals surface area contributed by atoms with Crippen molar-refractivity contribution in [3.8, 4) is 5.75 Å².